The van der Waals surface area contributed by atoms with Crippen molar-refractivity contribution in [3.63, 3.8) is 0 Å². The van der Waals surface area contributed by atoms with Gasteiger partial charge in [-0.25, -0.2) is 4.79 Å². The molecule has 0 unspecified atom stereocenters. The predicted molar refractivity (Wildman–Crippen MR) is 120 cm³/mol. The maximum absolute atomic E-state index is 12.7. The molecular weight excluding hydrogens is 454 g/mol. The van der Waals surface area contributed by atoms with Crippen LogP contribution in [0.4, 0.5) is 10.5 Å². The van der Waals surface area contributed by atoms with Crippen molar-refractivity contribution < 1.29 is 43.1 Å². The van der Waals surface area contributed by atoms with Crippen molar-refractivity contribution in [2.45, 2.75) is 18.6 Å². The van der Waals surface area contributed by atoms with Crippen molar-refractivity contribution in [3.05, 3.63) is 42.0 Å². The monoisotopic (exact) mass is 479 g/mol. The van der Waals surface area contributed by atoms with Gasteiger partial charge in [0.25, 0.3) is 0 Å². The molecule has 0 bridgehead atoms. The van der Waals surface area contributed by atoms with Crippen LogP contribution in [-0.2, 0) is 19.0 Å². The predicted octanol–water partition coefficient (Wildman–Crippen LogP) is 3.30. The van der Waals surface area contributed by atoms with Gasteiger partial charge >= 0.3 is 12.1 Å². The lowest BCUT2D eigenvalue weighted by Crippen LogP contribution is -2.29. The molecule has 0 saturated carbocycles. The average Bonchev–Trinajstić information content (AvgIpc) is 3.28. The Morgan fingerprint density at radius 2 is 1.94 bits per heavy atom. The van der Waals surface area contributed by atoms with Crippen molar-refractivity contribution in [1.82, 2.24) is 0 Å². The topological polar surface area (TPSA) is 122 Å². The van der Waals surface area contributed by atoms with Crippen molar-refractivity contribution >= 4 is 30.4 Å². The van der Waals surface area contributed by atoms with E-state index >= 15 is 0 Å². The van der Waals surface area contributed by atoms with E-state index in [1.165, 1.54) is 20.3 Å². The Balaban J connectivity index is 1.77. The maximum Gasteiger partial charge on any atom is 0.412 e. The van der Waals surface area contributed by atoms with E-state index in [4.69, 9.17) is 28.4 Å². The van der Waals surface area contributed by atoms with Gasteiger partial charge in [0, 0.05) is 25.3 Å². The van der Waals surface area contributed by atoms with E-state index in [1.807, 2.05) is 0 Å². The number of aromatic hydroxyl groups is 1. The zero-order chi connectivity index (χ0) is 23.8. The first kappa shape index (κ1) is 24.3. The molecule has 1 aliphatic rings. The zero-order valence-electron chi connectivity index (χ0n) is 18.1. The summed E-state index contributed by atoms with van der Waals surface area (Å²) in [6.45, 7) is 0.142. The molecule has 11 heteroatoms. The van der Waals surface area contributed by atoms with E-state index in [0.29, 0.717) is 22.7 Å². The number of hydrogen-bond acceptors (Lipinski definition) is 10. The molecule has 0 radical (unpaired) electrons. The number of ether oxygens (including phenoxy) is 6. The van der Waals surface area contributed by atoms with Crippen LogP contribution < -0.4 is 19.5 Å². The Hall–Kier alpha value is -3.31. The van der Waals surface area contributed by atoms with E-state index in [1.54, 1.807) is 30.3 Å². The summed E-state index contributed by atoms with van der Waals surface area (Å²) >= 11 is 3.87. The summed E-state index contributed by atoms with van der Waals surface area (Å²) in [7, 11) is 2.87. The molecule has 2 atom stereocenters. The first-order chi connectivity index (χ1) is 15.9. The number of carbonyl (C=O) groups is 2. The summed E-state index contributed by atoms with van der Waals surface area (Å²) in [6, 6.07) is 9.54. The van der Waals surface area contributed by atoms with Gasteiger partial charge in [-0.05, 0) is 29.8 Å². The Morgan fingerprint density at radius 1 is 1.15 bits per heavy atom. The summed E-state index contributed by atoms with van der Waals surface area (Å²) in [4.78, 5) is 24.1. The second kappa shape index (κ2) is 11.5. The van der Waals surface area contributed by atoms with E-state index in [-0.39, 0.29) is 37.1 Å². The highest BCUT2D eigenvalue weighted by Gasteiger charge is 2.29. The number of fused-ring (bicyclic) bond motifs is 1. The molecular formula is C22H25NO9S. The normalized spacial score (nSPS) is 13.7. The highest BCUT2D eigenvalue weighted by molar-refractivity contribution is 7.81. The number of amides is 1. The number of thiol groups is 1. The molecule has 3 rings (SSSR count). The van der Waals surface area contributed by atoms with Gasteiger partial charge in [0.15, 0.2) is 29.1 Å². The van der Waals surface area contributed by atoms with Crippen molar-refractivity contribution in [2.24, 2.45) is 0 Å². The lowest BCUT2D eigenvalue weighted by molar-refractivity contribution is -0.141. The van der Waals surface area contributed by atoms with Crippen LogP contribution >= 0.6 is 12.6 Å². The SMILES string of the molecule is COc1ccc([C@H](OC(=O)Nc2ccc3c(c2)OCO3)[C@H](CCOC(=O)CS)OC)cc1O. The molecule has 2 aromatic carbocycles. The molecule has 33 heavy (non-hydrogen) atoms. The Morgan fingerprint density at radius 3 is 2.64 bits per heavy atom. The Bertz CT molecular complexity index is 984. The molecule has 1 heterocycles. The molecule has 0 aromatic heterocycles. The lowest BCUT2D eigenvalue weighted by Gasteiger charge is -2.26. The smallest absolute Gasteiger partial charge is 0.412 e. The molecule has 10 nitrogen and oxygen atoms in total. The van der Waals surface area contributed by atoms with E-state index in [9.17, 15) is 14.7 Å². The highest BCUT2D eigenvalue weighted by atomic mass is 32.1. The number of methoxy groups -OCH3 is 2. The third-order valence-electron chi connectivity index (χ3n) is 4.82. The lowest BCUT2D eigenvalue weighted by atomic mass is 10.0. The van der Waals surface area contributed by atoms with Crippen LogP contribution in [0.2, 0.25) is 0 Å². The van der Waals surface area contributed by atoms with Gasteiger partial charge in [-0.1, -0.05) is 6.07 Å². The fraction of sp³-hybridized carbons (Fsp3) is 0.364. The number of anilines is 1. The minimum absolute atomic E-state index is 0.0314. The second-order valence-corrected chi connectivity index (χ2v) is 7.21. The third kappa shape index (κ3) is 6.36. The van der Waals surface area contributed by atoms with Crippen LogP contribution in [0.3, 0.4) is 0 Å². The zero-order valence-corrected chi connectivity index (χ0v) is 19.0. The number of phenols is 1. The van der Waals surface area contributed by atoms with Gasteiger partial charge in [0.05, 0.1) is 19.5 Å². The standard InChI is InChI=1S/C22H25NO9S/c1-27-16-5-3-13(9-15(16)24)21(18(28-2)7-8-29-20(25)11-33)32-22(26)23-14-4-6-17-19(10-14)31-12-30-17/h3-6,9-10,18,21,24,33H,7-8,11-12H2,1-2H3,(H,23,26)/t18-,21-/m0/s1. The summed E-state index contributed by atoms with van der Waals surface area (Å²) in [5.74, 6) is 0.686. The number of benzene rings is 2. The molecule has 178 valence electrons. The maximum atomic E-state index is 12.7. The van der Waals surface area contributed by atoms with Crippen molar-refractivity contribution in [2.75, 3.05) is 38.7 Å². The van der Waals surface area contributed by atoms with Crippen molar-refractivity contribution in [1.29, 1.82) is 0 Å². The Labute approximate surface area is 196 Å². The minimum Gasteiger partial charge on any atom is -0.504 e. The fourth-order valence-electron chi connectivity index (χ4n) is 3.21. The Kier molecular flexibility index (Phi) is 8.50. The van der Waals surface area contributed by atoms with E-state index in [2.05, 4.69) is 17.9 Å². The third-order valence-corrected chi connectivity index (χ3v) is 5.08. The number of phenolic OH excluding ortho intramolecular Hbond substituents is 1. The van der Waals surface area contributed by atoms with Crippen LogP contribution in [0.25, 0.3) is 0 Å². The summed E-state index contributed by atoms with van der Waals surface area (Å²) in [5, 5.41) is 12.8. The van der Waals surface area contributed by atoms with Gasteiger partial charge in [-0.15, -0.1) is 0 Å². The quantitative estimate of drug-likeness (QED) is 0.348. The van der Waals surface area contributed by atoms with Gasteiger partial charge in [-0.2, -0.15) is 12.6 Å². The second-order valence-electron chi connectivity index (χ2n) is 6.89. The van der Waals surface area contributed by atoms with Crippen LogP contribution in [0.15, 0.2) is 36.4 Å². The van der Waals surface area contributed by atoms with Crippen LogP contribution in [0.5, 0.6) is 23.0 Å². The van der Waals surface area contributed by atoms with Gasteiger partial charge < -0.3 is 33.5 Å². The largest absolute Gasteiger partial charge is 0.504 e. The summed E-state index contributed by atoms with van der Waals surface area (Å²) in [6.07, 6.45) is -2.16. The molecule has 1 amide bonds. The summed E-state index contributed by atoms with van der Waals surface area (Å²) < 4.78 is 31.9. The van der Waals surface area contributed by atoms with Gasteiger partial charge in [0.2, 0.25) is 6.79 Å². The molecule has 2 N–H and O–H groups in total. The highest BCUT2D eigenvalue weighted by Crippen LogP contribution is 2.35. The molecule has 2 aromatic rings. The number of rotatable bonds is 10. The van der Waals surface area contributed by atoms with Crippen LogP contribution in [0, 0.1) is 0 Å². The number of nitrogens with one attached hydrogen (secondary N) is 1. The number of hydrogen-bond donors (Lipinski definition) is 3. The number of carbonyl (C=O) groups excluding carboxylic acids is 2. The van der Waals surface area contributed by atoms with Gasteiger partial charge in [0.1, 0.15) is 6.10 Å². The van der Waals surface area contributed by atoms with Crippen molar-refractivity contribution in [3.8, 4) is 23.0 Å². The summed E-state index contributed by atoms with van der Waals surface area (Å²) in [5.41, 5.74) is 0.902. The molecule has 1 aliphatic heterocycles. The first-order valence-electron chi connectivity index (χ1n) is 9.98. The molecule has 0 saturated heterocycles. The number of esters is 1. The molecule has 0 fully saturated rings. The first-order valence-corrected chi connectivity index (χ1v) is 10.6. The van der Waals surface area contributed by atoms with Gasteiger partial charge in [-0.3, -0.25) is 10.1 Å². The van der Waals surface area contributed by atoms with Crippen LogP contribution in [0.1, 0.15) is 18.1 Å². The fourth-order valence-corrected chi connectivity index (χ4v) is 3.30. The molecule has 0 spiro atoms. The van der Waals surface area contributed by atoms with Crippen LogP contribution in [-0.4, -0.2) is 56.6 Å². The average molecular weight is 480 g/mol. The molecule has 0 aliphatic carbocycles. The minimum atomic E-state index is -0.935. The van der Waals surface area contributed by atoms with E-state index < -0.39 is 24.3 Å². The van der Waals surface area contributed by atoms with E-state index in [0.717, 1.165) is 0 Å².